The summed E-state index contributed by atoms with van der Waals surface area (Å²) in [6, 6.07) is 1.97. The average Bonchev–Trinajstić information content (AvgIpc) is 2.32. The highest BCUT2D eigenvalue weighted by atomic mass is 15.3. The average molecular weight is 181 g/mol. The van der Waals surface area contributed by atoms with Crippen LogP contribution in [0.15, 0.2) is 6.07 Å². The van der Waals surface area contributed by atoms with Crippen LogP contribution in [0.5, 0.6) is 0 Å². The van der Waals surface area contributed by atoms with Gasteiger partial charge in [-0.3, -0.25) is 0 Å². The van der Waals surface area contributed by atoms with Crippen LogP contribution in [0.25, 0.3) is 0 Å². The van der Waals surface area contributed by atoms with Crippen LogP contribution in [-0.2, 0) is 12.0 Å². The third kappa shape index (κ3) is 2.23. The fraction of sp³-hybridized carbons (Fsp3) is 0.700. The minimum atomic E-state index is 0.0904. The van der Waals surface area contributed by atoms with E-state index >= 15 is 0 Å². The molecule has 3 nitrogen and oxygen atoms in total. The summed E-state index contributed by atoms with van der Waals surface area (Å²) in [5, 5.41) is 4.46. The first kappa shape index (κ1) is 10.1. The number of nitrogen functional groups attached to an aromatic ring is 1. The highest BCUT2D eigenvalue weighted by Gasteiger charge is 2.18. The van der Waals surface area contributed by atoms with Gasteiger partial charge >= 0.3 is 0 Å². The fourth-order valence-corrected chi connectivity index (χ4v) is 1.19. The van der Waals surface area contributed by atoms with Gasteiger partial charge in [0.25, 0.3) is 0 Å². The predicted molar refractivity (Wildman–Crippen MR) is 55.6 cm³/mol. The smallest absolute Gasteiger partial charge is 0.121 e. The molecule has 0 spiro atoms. The summed E-state index contributed by atoms with van der Waals surface area (Å²) in [7, 11) is 0. The van der Waals surface area contributed by atoms with E-state index < -0.39 is 0 Å². The van der Waals surface area contributed by atoms with Gasteiger partial charge in [-0.25, -0.2) is 4.68 Å². The maximum Gasteiger partial charge on any atom is 0.121 e. The summed E-state index contributed by atoms with van der Waals surface area (Å²) in [5.41, 5.74) is 6.98. The number of nitrogens with zero attached hydrogens (tertiary/aromatic N) is 2. The number of anilines is 1. The molecule has 1 aromatic heterocycles. The van der Waals surface area contributed by atoms with Crippen molar-refractivity contribution in [2.45, 2.75) is 46.1 Å². The SMILES string of the molecule is CCCn1nc(C(C)(C)C)cc1N. The van der Waals surface area contributed by atoms with Crippen molar-refractivity contribution in [3.8, 4) is 0 Å². The van der Waals surface area contributed by atoms with Crippen molar-refractivity contribution in [2.24, 2.45) is 0 Å². The van der Waals surface area contributed by atoms with Crippen molar-refractivity contribution in [1.29, 1.82) is 0 Å². The van der Waals surface area contributed by atoms with E-state index in [0.29, 0.717) is 0 Å². The van der Waals surface area contributed by atoms with Gasteiger partial charge < -0.3 is 5.73 Å². The maximum absolute atomic E-state index is 5.82. The maximum atomic E-state index is 5.82. The fourth-order valence-electron chi connectivity index (χ4n) is 1.19. The second-order valence-electron chi connectivity index (χ2n) is 4.43. The number of rotatable bonds is 2. The molecule has 0 radical (unpaired) electrons. The minimum absolute atomic E-state index is 0.0904. The minimum Gasteiger partial charge on any atom is -0.384 e. The Balaban J connectivity index is 2.95. The lowest BCUT2D eigenvalue weighted by molar-refractivity contribution is 0.531. The summed E-state index contributed by atoms with van der Waals surface area (Å²) in [6.07, 6.45) is 1.06. The van der Waals surface area contributed by atoms with Crippen LogP contribution in [0.1, 0.15) is 39.8 Å². The van der Waals surface area contributed by atoms with Gasteiger partial charge in [0.05, 0.1) is 5.69 Å². The number of hydrogen-bond acceptors (Lipinski definition) is 2. The molecule has 74 valence electrons. The molecule has 0 amide bonds. The third-order valence-electron chi connectivity index (χ3n) is 2.01. The second-order valence-corrected chi connectivity index (χ2v) is 4.43. The predicted octanol–water partition coefficient (Wildman–Crippen LogP) is 2.17. The summed E-state index contributed by atoms with van der Waals surface area (Å²) in [5.74, 6) is 0.770. The quantitative estimate of drug-likeness (QED) is 0.760. The lowest BCUT2D eigenvalue weighted by Crippen LogP contribution is -2.13. The molecule has 1 aromatic rings. The van der Waals surface area contributed by atoms with Crippen LogP contribution < -0.4 is 5.73 Å². The lowest BCUT2D eigenvalue weighted by atomic mass is 9.92. The van der Waals surface area contributed by atoms with E-state index in [1.54, 1.807) is 0 Å². The lowest BCUT2D eigenvalue weighted by Gasteiger charge is -2.13. The van der Waals surface area contributed by atoms with Crippen LogP contribution in [0.4, 0.5) is 5.82 Å². The van der Waals surface area contributed by atoms with Crippen LogP contribution in [0.2, 0.25) is 0 Å². The zero-order valence-electron chi connectivity index (χ0n) is 8.96. The normalized spacial score (nSPS) is 12.0. The number of aromatic nitrogens is 2. The Hall–Kier alpha value is -0.990. The number of nitrogens with two attached hydrogens (primary N) is 1. The van der Waals surface area contributed by atoms with Crippen molar-refractivity contribution in [3.63, 3.8) is 0 Å². The molecule has 3 heteroatoms. The number of aryl methyl sites for hydroxylation is 1. The van der Waals surface area contributed by atoms with Gasteiger partial charge in [-0.05, 0) is 6.42 Å². The van der Waals surface area contributed by atoms with Crippen molar-refractivity contribution >= 4 is 5.82 Å². The zero-order chi connectivity index (χ0) is 10.1. The Bertz CT molecular complexity index is 281. The zero-order valence-corrected chi connectivity index (χ0v) is 8.96. The summed E-state index contributed by atoms with van der Waals surface area (Å²) < 4.78 is 1.88. The number of hydrogen-bond donors (Lipinski definition) is 1. The molecule has 0 aromatic carbocycles. The topological polar surface area (TPSA) is 43.8 Å². The molecule has 0 atom stereocenters. The summed E-state index contributed by atoms with van der Waals surface area (Å²) in [4.78, 5) is 0. The van der Waals surface area contributed by atoms with E-state index in [1.165, 1.54) is 0 Å². The molecule has 0 bridgehead atoms. The van der Waals surface area contributed by atoms with Gasteiger partial charge in [0, 0.05) is 18.0 Å². The first-order valence-electron chi connectivity index (χ1n) is 4.79. The molecular formula is C10H19N3. The Morgan fingerprint density at radius 1 is 1.46 bits per heavy atom. The van der Waals surface area contributed by atoms with E-state index in [-0.39, 0.29) is 5.41 Å². The van der Waals surface area contributed by atoms with Gasteiger partial charge in [0.2, 0.25) is 0 Å². The van der Waals surface area contributed by atoms with Crippen LogP contribution in [-0.4, -0.2) is 9.78 Å². The Kier molecular flexibility index (Phi) is 2.64. The highest BCUT2D eigenvalue weighted by molar-refractivity contribution is 5.33. The Morgan fingerprint density at radius 3 is 2.46 bits per heavy atom. The van der Waals surface area contributed by atoms with Gasteiger partial charge in [0.15, 0.2) is 0 Å². The molecule has 1 heterocycles. The van der Waals surface area contributed by atoms with Gasteiger partial charge in [-0.1, -0.05) is 27.7 Å². The summed E-state index contributed by atoms with van der Waals surface area (Å²) in [6.45, 7) is 9.46. The monoisotopic (exact) mass is 181 g/mol. The van der Waals surface area contributed by atoms with E-state index in [4.69, 9.17) is 5.73 Å². The largest absolute Gasteiger partial charge is 0.384 e. The van der Waals surface area contributed by atoms with Gasteiger partial charge in [-0.2, -0.15) is 5.10 Å². The Labute approximate surface area is 79.9 Å². The summed E-state index contributed by atoms with van der Waals surface area (Å²) >= 11 is 0. The molecule has 0 fully saturated rings. The molecule has 0 aliphatic rings. The van der Waals surface area contributed by atoms with E-state index in [9.17, 15) is 0 Å². The van der Waals surface area contributed by atoms with Crippen molar-refractivity contribution in [2.75, 3.05) is 5.73 Å². The van der Waals surface area contributed by atoms with Crippen molar-refractivity contribution in [1.82, 2.24) is 9.78 Å². The first-order chi connectivity index (χ1) is 5.95. The third-order valence-corrected chi connectivity index (χ3v) is 2.01. The molecule has 0 saturated heterocycles. The second kappa shape index (κ2) is 3.40. The van der Waals surface area contributed by atoms with Crippen molar-refractivity contribution < 1.29 is 0 Å². The van der Waals surface area contributed by atoms with Crippen LogP contribution in [0.3, 0.4) is 0 Å². The van der Waals surface area contributed by atoms with E-state index in [2.05, 4.69) is 32.8 Å². The van der Waals surface area contributed by atoms with Gasteiger partial charge in [-0.15, -0.1) is 0 Å². The van der Waals surface area contributed by atoms with E-state index in [1.807, 2.05) is 10.7 Å². The molecule has 2 N–H and O–H groups in total. The molecule has 0 saturated carbocycles. The van der Waals surface area contributed by atoms with Gasteiger partial charge in [0.1, 0.15) is 5.82 Å². The molecule has 0 aliphatic carbocycles. The van der Waals surface area contributed by atoms with Crippen LogP contribution in [0, 0.1) is 0 Å². The standard InChI is InChI=1S/C10H19N3/c1-5-6-13-9(11)7-8(12-13)10(2,3)4/h7H,5-6,11H2,1-4H3. The molecule has 1 rings (SSSR count). The van der Waals surface area contributed by atoms with Crippen LogP contribution >= 0.6 is 0 Å². The molecule has 0 unspecified atom stereocenters. The molecule has 0 aliphatic heterocycles. The first-order valence-corrected chi connectivity index (χ1v) is 4.79. The molecular weight excluding hydrogens is 162 g/mol. The Morgan fingerprint density at radius 2 is 2.08 bits per heavy atom. The molecule has 13 heavy (non-hydrogen) atoms. The van der Waals surface area contributed by atoms with E-state index in [0.717, 1.165) is 24.5 Å². The highest BCUT2D eigenvalue weighted by Crippen LogP contribution is 2.22. The van der Waals surface area contributed by atoms with Crippen molar-refractivity contribution in [3.05, 3.63) is 11.8 Å².